The Morgan fingerprint density at radius 2 is 1.94 bits per heavy atom. The van der Waals surface area contributed by atoms with Crippen molar-refractivity contribution in [3.8, 4) is 0 Å². The lowest BCUT2D eigenvalue weighted by Crippen LogP contribution is -2.32. The van der Waals surface area contributed by atoms with E-state index in [1.54, 1.807) is 5.69 Å². The molecular weight excluding hydrogens is 198 g/mol. The van der Waals surface area contributed by atoms with Gasteiger partial charge in [0.15, 0.2) is 0 Å². The monoisotopic (exact) mass is 219 g/mol. The fourth-order valence-electron chi connectivity index (χ4n) is 3.07. The number of nitrogens with zero attached hydrogens (tertiary/aromatic N) is 3. The number of piperidine rings is 1. The Labute approximate surface area is 97.4 Å². The minimum atomic E-state index is 0.665. The van der Waals surface area contributed by atoms with E-state index >= 15 is 0 Å². The molecule has 0 radical (unpaired) electrons. The van der Waals surface area contributed by atoms with Crippen molar-refractivity contribution >= 4 is 0 Å². The van der Waals surface area contributed by atoms with Crippen LogP contribution < -0.4 is 0 Å². The quantitative estimate of drug-likeness (QED) is 0.720. The summed E-state index contributed by atoms with van der Waals surface area (Å²) in [6.07, 6.45) is 9.86. The smallest absolute Gasteiger partial charge is 0.0546 e. The summed E-state index contributed by atoms with van der Waals surface area (Å²) in [5.74, 6) is 0. The van der Waals surface area contributed by atoms with E-state index in [0.717, 1.165) is 0 Å². The van der Waals surface area contributed by atoms with Gasteiger partial charge >= 0.3 is 0 Å². The lowest BCUT2D eigenvalue weighted by molar-refractivity contribution is 0.209. The molecule has 0 N–H and O–H groups in total. The predicted octanol–water partition coefficient (Wildman–Crippen LogP) is 2.03. The van der Waals surface area contributed by atoms with E-state index in [4.69, 9.17) is 0 Å². The molecule has 2 aliphatic rings. The van der Waals surface area contributed by atoms with Gasteiger partial charge in [-0.05, 0) is 64.2 Å². The molecule has 1 aliphatic heterocycles. The summed E-state index contributed by atoms with van der Waals surface area (Å²) in [6, 6.07) is 0.665. The molecule has 0 amide bonds. The van der Waals surface area contributed by atoms with Gasteiger partial charge in [0, 0.05) is 5.69 Å². The Morgan fingerprint density at radius 3 is 2.75 bits per heavy atom. The number of fused-ring (bicyclic) bond motifs is 1. The van der Waals surface area contributed by atoms with E-state index in [1.807, 2.05) is 0 Å². The SMILES string of the molecule is CN1CCC(n2ncc3c2CCCC3)CC1. The molecule has 0 atom stereocenters. The highest BCUT2D eigenvalue weighted by atomic mass is 15.3. The molecule has 1 aromatic heterocycles. The third-order valence-corrected chi connectivity index (χ3v) is 4.13. The molecule has 0 unspecified atom stereocenters. The van der Waals surface area contributed by atoms with E-state index in [2.05, 4.69) is 27.9 Å². The Balaban J connectivity index is 1.81. The molecule has 3 nitrogen and oxygen atoms in total. The molecule has 0 aromatic carbocycles. The van der Waals surface area contributed by atoms with Crippen LogP contribution in [0, 0.1) is 0 Å². The van der Waals surface area contributed by atoms with Gasteiger partial charge in [-0.3, -0.25) is 4.68 Å². The first-order valence-electron chi connectivity index (χ1n) is 6.58. The number of aromatic nitrogens is 2. The highest BCUT2D eigenvalue weighted by Crippen LogP contribution is 2.28. The second-order valence-corrected chi connectivity index (χ2v) is 5.30. The molecule has 3 heteroatoms. The van der Waals surface area contributed by atoms with Crippen LogP contribution >= 0.6 is 0 Å². The van der Waals surface area contributed by atoms with Gasteiger partial charge in [-0.15, -0.1) is 0 Å². The molecule has 3 rings (SSSR count). The number of aryl methyl sites for hydroxylation is 1. The van der Waals surface area contributed by atoms with Gasteiger partial charge in [0.25, 0.3) is 0 Å². The average Bonchev–Trinajstić information content (AvgIpc) is 2.74. The zero-order valence-corrected chi connectivity index (χ0v) is 10.2. The zero-order valence-electron chi connectivity index (χ0n) is 10.2. The molecule has 0 bridgehead atoms. The van der Waals surface area contributed by atoms with Crippen LogP contribution in [0.4, 0.5) is 0 Å². The van der Waals surface area contributed by atoms with Gasteiger partial charge in [-0.25, -0.2) is 0 Å². The van der Waals surface area contributed by atoms with E-state index in [1.165, 1.54) is 57.2 Å². The van der Waals surface area contributed by atoms with Crippen LogP contribution in [0.25, 0.3) is 0 Å². The highest BCUT2D eigenvalue weighted by Gasteiger charge is 2.23. The molecule has 1 saturated heterocycles. The lowest BCUT2D eigenvalue weighted by Gasteiger charge is -2.30. The number of rotatable bonds is 1. The van der Waals surface area contributed by atoms with Crippen molar-refractivity contribution in [3.63, 3.8) is 0 Å². The molecule has 1 aromatic rings. The average molecular weight is 219 g/mol. The molecule has 2 heterocycles. The van der Waals surface area contributed by atoms with Crippen molar-refractivity contribution in [2.75, 3.05) is 20.1 Å². The topological polar surface area (TPSA) is 21.1 Å². The first kappa shape index (κ1) is 10.3. The Bertz CT molecular complexity index is 361. The molecule has 0 saturated carbocycles. The van der Waals surface area contributed by atoms with Gasteiger partial charge in [-0.2, -0.15) is 5.10 Å². The summed E-state index contributed by atoms with van der Waals surface area (Å²) in [5, 5.41) is 4.64. The van der Waals surface area contributed by atoms with Crippen LogP contribution in [-0.2, 0) is 12.8 Å². The van der Waals surface area contributed by atoms with E-state index < -0.39 is 0 Å². The maximum atomic E-state index is 4.64. The van der Waals surface area contributed by atoms with Crippen LogP contribution in [-0.4, -0.2) is 34.8 Å². The Morgan fingerprint density at radius 1 is 1.19 bits per heavy atom. The minimum Gasteiger partial charge on any atom is -0.306 e. The van der Waals surface area contributed by atoms with Gasteiger partial charge in [-0.1, -0.05) is 0 Å². The fraction of sp³-hybridized carbons (Fsp3) is 0.769. The predicted molar refractivity (Wildman–Crippen MR) is 64.6 cm³/mol. The molecule has 0 spiro atoms. The Hall–Kier alpha value is -0.830. The maximum absolute atomic E-state index is 4.64. The van der Waals surface area contributed by atoms with Crippen molar-refractivity contribution in [1.82, 2.24) is 14.7 Å². The van der Waals surface area contributed by atoms with E-state index in [0.29, 0.717) is 6.04 Å². The molecule has 1 aliphatic carbocycles. The second-order valence-electron chi connectivity index (χ2n) is 5.30. The number of hydrogen-bond acceptors (Lipinski definition) is 2. The van der Waals surface area contributed by atoms with Crippen LogP contribution in [0.5, 0.6) is 0 Å². The van der Waals surface area contributed by atoms with Crippen molar-refractivity contribution in [2.24, 2.45) is 0 Å². The first-order chi connectivity index (χ1) is 7.84. The summed E-state index contributed by atoms with van der Waals surface area (Å²) in [5.41, 5.74) is 3.06. The summed E-state index contributed by atoms with van der Waals surface area (Å²) in [4.78, 5) is 2.42. The van der Waals surface area contributed by atoms with E-state index in [9.17, 15) is 0 Å². The normalized spacial score (nSPS) is 23.3. The van der Waals surface area contributed by atoms with Crippen molar-refractivity contribution < 1.29 is 0 Å². The highest BCUT2D eigenvalue weighted by molar-refractivity contribution is 5.21. The maximum Gasteiger partial charge on any atom is 0.0546 e. The zero-order chi connectivity index (χ0) is 11.0. The standard InChI is InChI=1S/C13H21N3/c1-15-8-6-12(7-9-15)16-13-5-3-2-4-11(13)10-14-16/h10,12H,2-9H2,1H3. The van der Waals surface area contributed by atoms with E-state index in [-0.39, 0.29) is 0 Å². The number of likely N-dealkylation sites (tertiary alicyclic amines) is 1. The van der Waals surface area contributed by atoms with Gasteiger partial charge in [0.2, 0.25) is 0 Å². The molecule has 88 valence electrons. The van der Waals surface area contributed by atoms with Crippen molar-refractivity contribution in [1.29, 1.82) is 0 Å². The van der Waals surface area contributed by atoms with Crippen LogP contribution in [0.1, 0.15) is 43.0 Å². The van der Waals surface area contributed by atoms with Crippen LogP contribution in [0.2, 0.25) is 0 Å². The third kappa shape index (κ3) is 1.77. The van der Waals surface area contributed by atoms with Crippen molar-refractivity contribution in [3.05, 3.63) is 17.5 Å². The molecule has 1 fully saturated rings. The van der Waals surface area contributed by atoms with Crippen LogP contribution in [0.3, 0.4) is 0 Å². The largest absolute Gasteiger partial charge is 0.306 e. The fourth-order valence-corrected chi connectivity index (χ4v) is 3.07. The van der Waals surface area contributed by atoms with Gasteiger partial charge in [0.1, 0.15) is 0 Å². The molecule has 16 heavy (non-hydrogen) atoms. The van der Waals surface area contributed by atoms with Gasteiger partial charge < -0.3 is 4.90 Å². The number of hydrogen-bond donors (Lipinski definition) is 0. The second kappa shape index (κ2) is 4.21. The summed E-state index contributed by atoms with van der Waals surface area (Å²) >= 11 is 0. The summed E-state index contributed by atoms with van der Waals surface area (Å²) in [7, 11) is 2.22. The van der Waals surface area contributed by atoms with Crippen molar-refractivity contribution in [2.45, 2.75) is 44.6 Å². The van der Waals surface area contributed by atoms with Crippen LogP contribution in [0.15, 0.2) is 6.20 Å². The molecular formula is C13H21N3. The third-order valence-electron chi connectivity index (χ3n) is 4.13. The minimum absolute atomic E-state index is 0.665. The Kier molecular flexibility index (Phi) is 2.72. The lowest BCUT2D eigenvalue weighted by atomic mass is 9.97. The summed E-state index contributed by atoms with van der Waals surface area (Å²) < 4.78 is 2.35. The first-order valence-corrected chi connectivity index (χ1v) is 6.58. The van der Waals surface area contributed by atoms with Gasteiger partial charge in [0.05, 0.1) is 12.2 Å². The summed E-state index contributed by atoms with van der Waals surface area (Å²) in [6.45, 7) is 2.44.